The molecule has 0 aromatic heterocycles. The Bertz CT molecular complexity index is 707. The largest absolute Gasteiger partial charge is 0.493 e. The van der Waals surface area contributed by atoms with Crippen molar-refractivity contribution in [1.29, 1.82) is 0 Å². The van der Waals surface area contributed by atoms with Crippen molar-refractivity contribution in [3.8, 4) is 5.75 Å². The first-order chi connectivity index (χ1) is 12.1. The molecule has 0 heterocycles. The Labute approximate surface area is 150 Å². The van der Waals surface area contributed by atoms with Gasteiger partial charge in [0, 0.05) is 30.4 Å². The van der Waals surface area contributed by atoms with Crippen molar-refractivity contribution in [1.82, 2.24) is 10.2 Å². The third-order valence-electron chi connectivity index (χ3n) is 4.97. The van der Waals surface area contributed by atoms with Crippen LogP contribution < -0.4 is 10.1 Å². The molecule has 1 unspecified atom stereocenters. The van der Waals surface area contributed by atoms with Crippen molar-refractivity contribution in [2.75, 3.05) is 20.2 Å². The summed E-state index contributed by atoms with van der Waals surface area (Å²) in [5, 5.41) is 5.33. The summed E-state index contributed by atoms with van der Waals surface area (Å²) in [7, 11) is 2.15. The van der Waals surface area contributed by atoms with Gasteiger partial charge in [-0.15, -0.1) is 0 Å². The van der Waals surface area contributed by atoms with Gasteiger partial charge in [0.2, 0.25) is 5.91 Å². The second-order valence-corrected chi connectivity index (χ2v) is 6.98. The van der Waals surface area contributed by atoms with Gasteiger partial charge >= 0.3 is 0 Å². The normalized spacial score (nSPS) is 15.3. The first-order valence-corrected chi connectivity index (χ1v) is 9.24. The number of likely N-dealkylation sites (N-methyl/N-ethyl adjacent to an activating group) is 1. The van der Waals surface area contributed by atoms with Crippen molar-refractivity contribution < 1.29 is 9.53 Å². The summed E-state index contributed by atoms with van der Waals surface area (Å²) in [6.07, 6.45) is 3.81. The van der Waals surface area contributed by atoms with E-state index in [1.165, 1.54) is 18.2 Å². The highest BCUT2D eigenvalue weighted by molar-refractivity contribution is 5.88. The Kier molecular flexibility index (Phi) is 5.92. The summed E-state index contributed by atoms with van der Waals surface area (Å²) >= 11 is 0. The lowest BCUT2D eigenvalue weighted by Crippen LogP contribution is -2.41. The van der Waals surface area contributed by atoms with E-state index in [0.29, 0.717) is 19.1 Å². The number of ether oxygens (including phenoxy) is 1. The van der Waals surface area contributed by atoms with Crippen LogP contribution in [0.1, 0.15) is 32.6 Å². The van der Waals surface area contributed by atoms with Crippen LogP contribution in [0, 0.1) is 0 Å². The molecule has 0 radical (unpaired) electrons. The topological polar surface area (TPSA) is 41.6 Å². The van der Waals surface area contributed by atoms with Crippen molar-refractivity contribution in [3.05, 3.63) is 42.5 Å². The maximum atomic E-state index is 12.0. The number of hydrogen-bond donors (Lipinski definition) is 1. The van der Waals surface area contributed by atoms with E-state index in [1.807, 2.05) is 24.3 Å². The molecule has 25 heavy (non-hydrogen) atoms. The second kappa shape index (κ2) is 8.34. The van der Waals surface area contributed by atoms with Crippen LogP contribution in [0.2, 0.25) is 0 Å². The zero-order chi connectivity index (χ0) is 17.6. The van der Waals surface area contributed by atoms with E-state index in [2.05, 4.69) is 42.4 Å². The summed E-state index contributed by atoms with van der Waals surface area (Å²) < 4.78 is 5.88. The molecule has 4 nitrogen and oxygen atoms in total. The summed E-state index contributed by atoms with van der Waals surface area (Å²) in [5.74, 6) is 0.996. The van der Waals surface area contributed by atoms with Gasteiger partial charge in [-0.2, -0.15) is 0 Å². The Hall–Kier alpha value is -2.07. The van der Waals surface area contributed by atoms with Crippen LogP contribution in [0.25, 0.3) is 10.8 Å². The number of fused-ring (bicyclic) bond motifs is 1. The molecule has 1 fully saturated rings. The number of carbonyl (C=O) groups is 1. The predicted octanol–water partition coefficient (Wildman–Crippen LogP) is 3.60. The van der Waals surface area contributed by atoms with Gasteiger partial charge in [-0.25, -0.2) is 0 Å². The fourth-order valence-corrected chi connectivity index (χ4v) is 3.07. The number of benzene rings is 2. The molecular weight excluding hydrogens is 312 g/mol. The second-order valence-electron chi connectivity index (χ2n) is 6.98. The number of nitrogens with zero attached hydrogens (tertiary/aromatic N) is 1. The molecule has 0 bridgehead atoms. The summed E-state index contributed by atoms with van der Waals surface area (Å²) in [6, 6.07) is 15.4. The lowest BCUT2D eigenvalue weighted by molar-refractivity contribution is -0.121. The van der Waals surface area contributed by atoms with E-state index in [-0.39, 0.29) is 5.91 Å². The fourth-order valence-electron chi connectivity index (χ4n) is 3.07. The highest BCUT2D eigenvalue weighted by Crippen LogP contribution is 2.27. The number of amides is 1. The smallest absolute Gasteiger partial charge is 0.220 e. The van der Waals surface area contributed by atoms with Crippen molar-refractivity contribution in [3.63, 3.8) is 0 Å². The lowest BCUT2D eigenvalue weighted by atomic mass is 10.1. The monoisotopic (exact) mass is 340 g/mol. The molecule has 1 N–H and O–H groups in total. The summed E-state index contributed by atoms with van der Waals surface area (Å²) in [6.45, 7) is 3.44. The zero-order valence-electron chi connectivity index (χ0n) is 15.2. The van der Waals surface area contributed by atoms with Crippen molar-refractivity contribution in [2.24, 2.45) is 0 Å². The van der Waals surface area contributed by atoms with Gasteiger partial charge in [-0.1, -0.05) is 36.4 Å². The molecule has 1 saturated carbocycles. The molecule has 2 aromatic rings. The van der Waals surface area contributed by atoms with Gasteiger partial charge in [-0.3, -0.25) is 9.69 Å². The standard InChI is InChI=1S/C21H28N2O2/c1-16(23(2)18-12-13-18)15-22-21(24)11-6-14-25-20-10-5-8-17-7-3-4-9-19(17)20/h3-5,7-10,16,18H,6,11-15H2,1-2H3,(H,22,24). The molecule has 1 aliphatic carbocycles. The number of nitrogens with one attached hydrogen (secondary N) is 1. The predicted molar refractivity (Wildman–Crippen MR) is 102 cm³/mol. The van der Waals surface area contributed by atoms with E-state index in [0.717, 1.165) is 30.1 Å². The molecule has 0 aliphatic heterocycles. The van der Waals surface area contributed by atoms with Crippen molar-refractivity contribution >= 4 is 16.7 Å². The molecule has 1 atom stereocenters. The van der Waals surface area contributed by atoms with Gasteiger partial charge in [0.05, 0.1) is 6.61 Å². The zero-order valence-corrected chi connectivity index (χ0v) is 15.2. The van der Waals surface area contributed by atoms with Crippen LogP contribution in [-0.2, 0) is 4.79 Å². The van der Waals surface area contributed by atoms with Crippen LogP contribution in [0.5, 0.6) is 5.75 Å². The van der Waals surface area contributed by atoms with Crippen LogP contribution in [0.3, 0.4) is 0 Å². The highest BCUT2D eigenvalue weighted by atomic mass is 16.5. The molecule has 134 valence electrons. The minimum Gasteiger partial charge on any atom is -0.493 e. The number of rotatable bonds is 9. The Morgan fingerprint density at radius 3 is 2.80 bits per heavy atom. The first-order valence-electron chi connectivity index (χ1n) is 9.24. The quantitative estimate of drug-likeness (QED) is 0.709. The van der Waals surface area contributed by atoms with Crippen LogP contribution >= 0.6 is 0 Å². The fraction of sp³-hybridized carbons (Fsp3) is 0.476. The maximum Gasteiger partial charge on any atom is 0.220 e. The van der Waals surface area contributed by atoms with Crippen LogP contribution in [0.4, 0.5) is 0 Å². The summed E-state index contributed by atoms with van der Waals surface area (Å²) in [4.78, 5) is 14.4. The van der Waals surface area contributed by atoms with Gasteiger partial charge in [0.25, 0.3) is 0 Å². The van der Waals surface area contributed by atoms with E-state index >= 15 is 0 Å². The molecule has 0 saturated heterocycles. The molecule has 1 aliphatic rings. The van der Waals surface area contributed by atoms with Gasteiger partial charge in [0.15, 0.2) is 0 Å². The minimum absolute atomic E-state index is 0.109. The average molecular weight is 340 g/mol. The van der Waals surface area contributed by atoms with E-state index < -0.39 is 0 Å². The number of carbonyl (C=O) groups excluding carboxylic acids is 1. The number of hydrogen-bond acceptors (Lipinski definition) is 3. The Balaban J connectivity index is 1.37. The van der Waals surface area contributed by atoms with Gasteiger partial charge in [0.1, 0.15) is 5.75 Å². The van der Waals surface area contributed by atoms with Crippen molar-refractivity contribution in [2.45, 2.75) is 44.7 Å². The van der Waals surface area contributed by atoms with E-state index in [9.17, 15) is 4.79 Å². The third kappa shape index (κ3) is 4.95. The molecule has 1 amide bonds. The Morgan fingerprint density at radius 1 is 1.24 bits per heavy atom. The molecular formula is C21H28N2O2. The molecule has 3 rings (SSSR count). The van der Waals surface area contributed by atoms with Gasteiger partial charge in [-0.05, 0) is 44.7 Å². The van der Waals surface area contributed by atoms with Crippen LogP contribution in [0.15, 0.2) is 42.5 Å². The highest BCUT2D eigenvalue weighted by Gasteiger charge is 2.29. The Morgan fingerprint density at radius 2 is 2.00 bits per heavy atom. The average Bonchev–Trinajstić information content (AvgIpc) is 3.48. The minimum atomic E-state index is 0.109. The molecule has 0 spiro atoms. The van der Waals surface area contributed by atoms with E-state index in [4.69, 9.17) is 4.74 Å². The van der Waals surface area contributed by atoms with E-state index in [1.54, 1.807) is 0 Å². The molecule has 4 heteroatoms. The maximum absolute atomic E-state index is 12.0. The van der Waals surface area contributed by atoms with Crippen LogP contribution in [-0.4, -0.2) is 43.1 Å². The lowest BCUT2D eigenvalue weighted by Gasteiger charge is -2.24. The summed E-state index contributed by atoms with van der Waals surface area (Å²) in [5.41, 5.74) is 0. The SMILES string of the molecule is CC(CNC(=O)CCCOc1cccc2ccccc12)N(C)C1CC1. The van der Waals surface area contributed by atoms with Gasteiger partial charge < -0.3 is 10.1 Å². The first kappa shape index (κ1) is 17.7. The molecule has 2 aromatic carbocycles. The third-order valence-corrected chi connectivity index (χ3v) is 4.97.